The Bertz CT molecular complexity index is 454. The van der Waals surface area contributed by atoms with Crippen LogP contribution < -0.4 is 5.32 Å². The van der Waals surface area contributed by atoms with E-state index in [-0.39, 0.29) is 0 Å². The van der Waals surface area contributed by atoms with Crippen LogP contribution in [-0.4, -0.2) is 23.4 Å². The molecule has 1 aromatic carbocycles. The van der Waals surface area contributed by atoms with Gasteiger partial charge in [0.05, 0.1) is 5.56 Å². The van der Waals surface area contributed by atoms with Gasteiger partial charge in [0.2, 0.25) is 0 Å². The number of carbonyl (C=O) groups is 1. The molecule has 0 radical (unpaired) electrons. The van der Waals surface area contributed by atoms with Crippen molar-refractivity contribution in [1.82, 2.24) is 0 Å². The Morgan fingerprint density at radius 1 is 1.44 bits per heavy atom. The zero-order valence-electron chi connectivity index (χ0n) is 8.82. The van der Waals surface area contributed by atoms with Crippen LogP contribution in [0.2, 0.25) is 0 Å². The molecule has 0 atom stereocenters. The third kappa shape index (κ3) is 1.57. The molecule has 1 aromatic rings. The van der Waals surface area contributed by atoms with E-state index in [9.17, 15) is 4.79 Å². The molecule has 84 valence electrons. The number of aromatic carboxylic acids is 1. The highest BCUT2D eigenvalue weighted by molar-refractivity contribution is 7.99. The van der Waals surface area contributed by atoms with Gasteiger partial charge < -0.3 is 10.4 Å². The number of thioether (sulfide) groups is 1. The van der Waals surface area contributed by atoms with Crippen LogP contribution in [-0.2, 0) is 0 Å². The molecule has 4 heteroatoms. The minimum absolute atomic E-state index is 0.424. The van der Waals surface area contributed by atoms with Crippen LogP contribution in [0.1, 0.15) is 23.2 Å². The van der Waals surface area contributed by atoms with Crippen molar-refractivity contribution in [1.29, 1.82) is 0 Å². The van der Waals surface area contributed by atoms with Crippen molar-refractivity contribution in [2.24, 2.45) is 5.41 Å². The van der Waals surface area contributed by atoms with E-state index in [4.69, 9.17) is 5.11 Å². The van der Waals surface area contributed by atoms with Crippen molar-refractivity contribution in [2.75, 3.05) is 17.6 Å². The number of fused-ring (bicyclic) bond motifs is 1. The minimum atomic E-state index is -0.835. The highest BCUT2D eigenvalue weighted by Gasteiger charge is 2.43. The first-order valence-electron chi connectivity index (χ1n) is 5.43. The van der Waals surface area contributed by atoms with Gasteiger partial charge >= 0.3 is 5.97 Å². The molecule has 2 N–H and O–H groups in total. The van der Waals surface area contributed by atoms with Crippen molar-refractivity contribution in [2.45, 2.75) is 17.7 Å². The van der Waals surface area contributed by atoms with Crippen molar-refractivity contribution < 1.29 is 9.90 Å². The van der Waals surface area contributed by atoms with Gasteiger partial charge in [-0.2, -0.15) is 0 Å². The van der Waals surface area contributed by atoms with E-state index in [2.05, 4.69) is 5.32 Å². The summed E-state index contributed by atoms with van der Waals surface area (Å²) in [6, 6.07) is 5.46. The summed E-state index contributed by atoms with van der Waals surface area (Å²) in [6.45, 7) is 0.982. The smallest absolute Gasteiger partial charge is 0.336 e. The number of nitrogens with one attached hydrogen (secondary N) is 1. The van der Waals surface area contributed by atoms with Crippen molar-refractivity contribution in [3.05, 3.63) is 23.8 Å². The lowest BCUT2D eigenvalue weighted by molar-refractivity contribution is 0.0693. The van der Waals surface area contributed by atoms with Gasteiger partial charge in [-0.1, -0.05) is 6.07 Å². The molecule has 1 aliphatic carbocycles. The fraction of sp³-hybridized carbons (Fsp3) is 0.417. The second-order valence-corrected chi connectivity index (χ2v) is 5.62. The Morgan fingerprint density at radius 2 is 2.25 bits per heavy atom. The lowest BCUT2D eigenvalue weighted by Crippen LogP contribution is -2.15. The minimum Gasteiger partial charge on any atom is -0.478 e. The zero-order chi connectivity index (χ0) is 11.2. The third-order valence-corrected chi connectivity index (χ3v) is 4.86. The predicted molar refractivity (Wildman–Crippen MR) is 64.3 cm³/mol. The van der Waals surface area contributed by atoms with Crippen LogP contribution in [0.4, 0.5) is 5.69 Å². The summed E-state index contributed by atoms with van der Waals surface area (Å²) in [6.07, 6.45) is 2.53. The van der Waals surface area contributed by atoms with E-state index in [0.717, 1.165) is 22.9 Å². The first-order chi connectivity index (χ1) is 7.70. The topological polar surface area (TPSA) is 49.3 Å². The van der Waals surface area contributed by atoms with Gasteiger partial charge in [-0.05, 0) is 30.4 Å². The lowest BCUT2D eigenvalue weighted by Gasteiger charge is -2.10. The maximum absolute atomic E-state index is 11.1. The first-order valence-corrected chi connectivity index (χ1v) is 6.42. The standard InChI is InChI=1S/C12H13NO2S/c14-11(15)8-2-1-3-9-10(8)16-7-12(4-5-12)6-13-9/h1-3,13H,4-7H2,(H,14,15). The van der Waals surface area contributed by atoms with Crippen LogP contribution in [0.15, 0.2) is 23.1 Å². The van der Waals surface area contributed by atoms with E-state index >= 15 is 0 Å². The zero-order valence-corrected chi connectivity index (χ0v) is 9.64. The molecule has 1 saturated carbocycles. The number of hydrogen-bond acceptors (Lipinski definition) is 3. The molecule has 16 heavy (non-hydrogen) atoms. The van der Waals surface area contributed by atoms with Gasteiger partial charge in [-0.3, -0.25) is 0 Å². The van der Waals surface area contributed by atoms with Crippen molar-refractivity contribution >= 4 is 23.4 Å². The Kier molecular flexibility index (Phi) is 2.14. The van der Waals surface area contributed by atoms with Crippen molar-refractivity contribution in [3.8, 4) is 0 Å². The number of carboxylic acid groups (broad SMARTS) is 1. The van der Waals surface area contributed by atoms with Crippen LogP contribution in [0, 0.1) is 5.41 Å². The average molecular weight is 235 g/mol. The van der Waals surface area contributed by atoms with E-state index in [1.54, 1.807) is 23.9 Å². The third-order valence-electron chi connectivity index (χ3n) is 3.38. The highest BCUT2D eigenvalue weighted by Crippen LogP contribution is 2.52. The van der Waals surface area contributed by atoms with Gasteiger partial charge in [-0.15, -0.1) is 11.8 Å². The molecule has 0 unspecified atom stereocenters. The number of anilines is 1. The molecule has 2 aliphatic rings. The van der Waals surface area contributed by atoms with E-state index in [1.165, 1.54) is 12.8 Å². The van der Waals surface area contributed by atoms with Crippen LogP contribution >= 0.6 is 11.8 Å². The van der Waals surface area contributed by atoms with Crippen LogP contribution in [0.5, 0.6) is 0 Å². The Labute approximate surface area is 98.2 Å². The van der Waals surface area contributed by atoms with Gasteiger partial charge in [0.15, 0.2) is 0 Å². The van der Waals surface area contributed by atoms with Crippen molar-refractivity contribution in [3.63, 3.8) is 0 Å². The molecule has 0 aromatic heterocycles. The molecular weight excluding hydrogens is 222 g/mol. The molecule has 1 aliphatic heterocycles. The number of benzene rings is 1. The number of carboxylic acids is 1. The average Bonchev–Trinajstić information content (AvgIpc) is 3.06. The number of rotatable bonds is 1. The highest BCUT2D eigenvalue weighted by atomic mass is 32.2. The summed E-state index contributed by atoms with van der Waals surface area (Å²) >= 11 is 1.69. The molecule has 1 spiro atoms. The van der Waals surface area contributed by atoms with Gasteiger partial charge in [0, 0.05) is 22.9 Å². The SMILES string of the molecule is O=C(O)c1cccc2c1SCC1(CC1)CN2. The summed E-state index contributed by atoms with van der Waals surface area (Å²) in [5, 5.41) is 12.5. The summed E-state index contributed by atoms with van der Waals surface area (Å²) in [5.41, 5.74) is 1.83. The molecule has 1 fully saturated rings. The monoisotopic (exact) mass is 235 g/mol. The molecule has 3 rings (SSSR count). The number of hydrogen-bond donors (Lipinski definition) is 2. The maximum Gasteiger partial charge on any atom is 0.336 e. The first kappa shape index (κ1) is 10.0. The second kappa shape index (κ2) is 3.42. The lowest BCUT2D eigenvalue weighted by atomic mass is 10.1. The summed E-state index contributed by atoms with van der Waals surface area (Å²) in [5.74, 6) is 0.204. The van der Waals surface area contributed by atoms with Gasteiger partial charge in [0.1, 0.15) is 0 Å². The normalized spacial score (nSPS) is 20.8. The molecule has 0 bridgehead atoms. The summed E-state index contributed by atoms with van der Waals surface area (Å²) in [7, 11) is 0. The largest absolute Gasteiger partial charge is 0.478 e. The van der Waals surface area contributed by atoms with E-state index in [1.807, 2.05) is 6.07 Å². The maximum atomic E-state index is 11.1. The molecular formula is C12H13NO2S. The van der Waals surface area contributed by atoms with Gasteiger partial charge in [-0.25, -0.2) is 4.79 Å². The van der Waals surface area contributed by atoms with E-state index in [0.29, 0.717) is 11.0 Å². The van der Waals surface area contributed by atoms with Crippen LogP contribution in [0.3, 0.4) is 0 Å². The molecule has 1 heterocycles. The Balaban J connectivity index is 2.00. The molecule has 0 amide bonds. The molecule has 0 saturated heterocycles. The van der Waals surface area contributed by atoms with Crippen LogP contribution in [0.25, 0.3) is 0 Å². The predicted octanol–water partition coefficient (Wildman–Crippen LogP) is 2.68. The Morgan fingerprint density at radius 3 is 2.94 bits per heavy atom. The second-order valence-electron chi connectivity index (χ2n) is 4.63. The summed E-state index contributed by atoms with van der Waals surface area (Å²) < 4.78 is 0. The fourth-order valence-electron chi connectivity index (χ4n) is 2.06. The molecule has 3 nitrogen and oxygen atoms in total. The van der Waals surface area contributed by atoms with E-state index < -0.39 is 5.97 Å². The fourth-order valence-corrected chi connectivity index (χ4v) is 3.50. The quantitative estimate of drug-likeness (QED) is 0.785. The van der Waals surface area contributed by atoms with Gasteiger partial charge in [0.25, 0.3) is 0 Å². The summed E-state index contributed by atoms with van der Waals surface area (Å²) in [4.78, 5) is 12.0. The Hall–Kier alpha value is -1.16.